The smallest absolute Gasteiger partial charge is 0.289 e. The van der Waals surface area contributed by atoms with Gasteiger partial charge in [-0.05, 0) is 48.7 Å². The second-order valence-electron chi connectivity index (χ2n) is 6.93. The van der Waals surface area contributed by atoms with Crippen LogP contribution < -0.4 is 0 Å². The molecule has 0 bridgehead atoms. The minimum atomic E-state index is -0.383. The summed E-state index contributed by atoms with van der Waals surface area (Å²) in [5, 5.41) is 0. The summed E-state index contributed by atoms with van der Waals surface area (Å²) in [7, 11) is 1.69. The molecule has 1 aliphatic carbocycles. The number of nitrogens with zero attached hydrogens (tertiary/aromatic N) is 1. The van der Waals surface area contributed by atoms with Crippen molar-refractivity contribution in [2.24, 2.45) is 5.92 Å². The van der Waals surface area contributed by atoms with Crippen LogP contribution in [0.5, 0.6) is 0 Å². The van der Waals surface area contributed by atoms with Crippen LogP contribution in [0.2, 0.25) is 0 Å². The number of carbonyl (C=O) groups excluding carboxylic acids is 1. The molecule has 1 aliphatic rings. The van der Waals surface area contributed by atoms with Gasteiger partial charge in [0, 0.05) is 13.0 Å². The van der Waals surface area contributed by atoms with Gasteiger partial charge in [-0.15, -0.1) is 0 Å². The number of carbonyl (C=O) groups is 1. The predicted octanol–water partition coefficient (Wildman–Crippen LogP) is 5.07. The summed E-state index contributed by atoms with van der Waals surface area (Å²) in [6.07, 6.45) is 1.16. The molecule has 0 saturated heterocycles. The molecule has 0 N–H and O–H groups in total. The Morgan fingerprint density at radius 3 is 2.65 bits per heavy atom. The maximum atomic E-state index is 13.9. The molecule has 1 aromatic carbocycles. The zero-order chi connectivity index (χ0) is 18.3. The fourth-order valence-corrected chi connectivity index (χ4v) is 3.15. The highest BCUT2D eigenvalue weighted by Gasteiger charge is 2.36. The van der Waals surface area contributed by atoms with Crippen molar-refractivity contribution < 1.29 is 18.0 Å². The average molecular weight is 353 g/mol. The Hall–Kier alpha value is -2.82. The van der Waals surface area contributed by atoms with E-state index in [9.17, 15) is 9.18 Å². The summed E-state index contributed by atoms with van der Waals surface area (Å²) in [4.78, 5) is 14.1. The molecule has 1 saturated carbocycles. The van der Waals surface area contributed by atoms with E-state index >= 15 is 0 Å². The SMILES string of the molecule is C[C@@H]1C[C@@H]1c1ccc(CN(C)C(=O)c2ccc(-c3ccccc3F)o2)o1. The van der Waals surface area contributed by atoms with Gasteiger partial charge in [0.1, 0.15) is 23.1 Å². The minimum Gasteiger partial charge on any atom is -0.464 e. The molecule has 2 atom stereocenters. The van der Waals surface area contributed by atoms with Crippen LogP contribution in [0.3, 0.4) is 0 Å². The summed E-state index contributed by atoms with van der Waals surface area (Å²) in [5.41, 5.74) is 0.337. The van der Waals surface area contributed by atoms with E-state index < -0.39 is 0 Å². The van der Waals surface area contributed by atoms with Gasteiger partial charge in [0.2, 0.25) is 0 Å². The molecule has 0 spiro atoms. The largest absolute Gasteiger partial charge is 0.464 e. The van der Waals surface area contributed by atoms with Crippen LogP contribution in [0.1, 0.15) is 41.3 Å². The average Bonchev–Trinajstić information content (AvgIpc) is 3.04. The summed E-state index contributed by atoms with van der Waals surface area (Å²) in [5.74, 6) is 2.78. The van der Waals surface area contributed by atoms with E-state index in [-0.39, 0.29) is 17.5 Å². The van der Waals surface area contributed by atoms with Crippen molar-refractivity contribution in [3.63, 3.8) is 0 Å². The molecular formula is C21H20FNO3. The molecule has 1 fully saturated rings. The van der Waals surface area contributed by atoms with Crippen molar-refractivity contribution in [2.45, 2.75) is 25.8 Å². The van der Waals surface area contributed by atoms with E-state index in [1.54, 1.807) is 37.4 Å². The fraction of sp³-hybridized carbons (Fsp3) is 0.286. The fourth-order valence-electron chi connectivity index (χ4n) is 3.15. The van der Waals surface area contributed by atoms with Crippen molar-refractivity contribution in [2.75, 3.05) is 7.05 Å². The maximum Gasteiger partial charge on any atom is 0.289 e. The summed E-state index contributed by atoms with van der Waals surface area (Å²) in [6.45, 7) is 2.56. The molecule has 2 heterocycles. The lowest BCUT2D eigenvalue weighted by atomic mass is 10.1. The normalized spacial score (nSPS) is 18.7. The van der Waals surface area contributed by atoms with Gasteiger partial charge in [-0.1, -0.05) is 19.1 Å². The Balaban J connectivity index is 1.45. The van der Waals surface area contributed by atoms with Crippen molar-refractivity contribution in [3.05, 3.63) is 71.6 Å². The highest BCUT2D eigenvalue weighted by Crippen LogP contribution is 2.47. The number of hydrogen-bond acceptors (Lipinski definition) is 3. The lowest BCUT2D eigenvalue weighted by molar-refractivity contribution is 0.0744. The van der Waals surface area contributed by atoms with Gasteiger partial charge in [-0.25, -0.2) is 4.39 Å². The van der Waals surface area contributed by atoms with Crippen LogP contribution in [0.25, 0.3) is 11.3 Å². The van der Waals surface area contributed by atoms with Crippen LogP contribution in [0.15, 0.2) is 57.4 Å². The molecule has 134 valence electrons. The Kier molecular flexibility index (Phi) is 4.15. The maximum absolute atomic E-state index is 13.9. The third-order valence-electron chi connectivity index (χ3n) is 4.85. The van der Waals surface area contributed by atoms with Crippen LogP contribution in [-0.4, -0.2) is 17.9 Å². The van der Waals surface area contributed by atoms with Crippen molar-refractivity contribution in [1.29, 1.82) is 0 Å². The van der Waals surface area contributed by atoms with Crippen LogP contribution in [-0.2, 0) is 6.54 Å². The van der Waals surface area contributed by atoms with Gasteiger partial charge < -0.3 is 13.7 Å². The first-order chi connectivity index (χ1) is 12.5. The number of halogens is 1. The monoisotopic (exact) mass is 353 g/mol. The van der Waals surface area contributed by atoms with Gasteiger partial charge in [0.15, 0.2) is 5.76 Å². The number of hydrogen-bond donors (Lipinski definition) is 0. The zero-order valence-electron chi connectivity index (χ0n) is 14.7. The predicted molar refractivity (Wildman–Crippen MR) is 95.1 cm³/mol. The molecule has 0 radical (unpaired) electrons. The number of rotatable bonds is 5. The second kappa shape index (κ2) is 6.48. The van der Waals surface area contributed by atoms with Crippen molar-refractivity contribution in [1.82, 2.24) is 4.90 Å². The van der Waals surface area contributed by atoms with E-state index in [4.69, 9.17) is 8.83 Å². The van der Waals surface area contributed by atoms with E-state index in [0.29, 0.717) is 29.7 Å². The van der Waals surface area contributed by atoms with E-state index in [1.807, 2.05) is 12.1 Å². The molecule has 0 aliphatic heterocycles. The molecule has 0 unspecified atom stereocenters. The van der Waals surface area contributed by atoms with Gasteiger partial charge in [0.05, 0.1) is 12.1 Å². The minimum absolute atomic E-state index is 0.174. The summed E-state index contributed by atoms with van der Waals surface area (Å²) >= 11 is 0. The van der Waals surface area contributed by atoms with Crippen LogP contribution in [0, 0.1) is 11.7 Å². The first-order valence-corrected chi connectivity index (χ1v) is 8.71. The highest BCUT2D eigenvalue weighted by atomic mass is 19.1. The number of furan rings is 2. The number of amides is 1. The van der Waals surface area contributed by atoms with Crippen LogP contribution in [0.4, 0.5) is 4.39 Å². The van der Waals surface area contributed by atoms with E-state index in [0.717, 1.165) is 17.9 Å². The van der Waals surface area contributed by atoms with Crippen molar-refractivity contribution in [3.8, 4) is 11.3 Å². The Morgan fingerprint density at radius 1 is 1.15 bits per heavy atom. The standard InChI is InChI=1S/C21H20FNO3/c1-13-11-16(13)19-8-7-14(25-19)12-23(2)21(24)20-10-9-18(26-20)15-5-3-4-6-17(15)22/h3-10,13,16H,11-12H2,1-2H3/t13-,16+/m1/s1. The molecule has 1 amide bonds. The molecule has 5 heteroatoms. The van der Waals surface area contributed by atoms with Gasteiger partial charge in [0.25, 0.3) is 5.91 Å². The van der Waals surface area contributed by atoms with E-state index in [1.165, 1.54) is 11.0 Å². The molecule has 2 aromatic heterocycles. The molecule has 26 heavy (non-hydrogen) atoms. The molecule has 3 aromatic rings. The molecular weight excluding hydrogens is 333 g/mol. The van der Waals surface area contributed by atoms with Gasteiger partial charge in [-0.3, -0.25) is 4.79 Å². The second-order valence-corrected chi connectivity index (χ2v) is 6.93. The summed E-state index contributed by atoms with van der Waals surface area (Å²) < 4.78 is 25.3. The topological polar surface area (TPSA) is 46.6 Å². The highest BCUT2D eigenvalue weighted by molar-refractivity contribution is 5.91. The molecule has 4 rings (SSSR count). The lowest BCUT2D eigenvalue weighted by Crippen LogP contribution is -2.25. The van der Waals surface area contributed by atoms with Gasteiger partial charge in [-0.2, -0.15) is 0 Å². The quantitative estimate of drug-likeness (QED) is 0.643. The third kappa shape index (κ3) is 3.17. The Morgan fingerprint density at radius 2 is 1.92 bits per heavy atom. The van der Waals surface area contributed by atoms with Gasteiger partial charge >= 0.3 is 0 Å². The first kappa shape index (κ1) is 16.6. The Bertz CT molecular complexity index is 942. The van der Waals surface area contributed by atoms with E-state index in [2.05, 4.69) is 6.92 Å². The third-order valence-corrected chi connectivity index (χ3v) is 4.85. The lowest BCUT2D eigenvalue weighted by Gasteiger charge is -2.14. The summed E-state index contributed by atoms with van der Waals surface area (Å²) in [6, 6.07) is 13.4. The van der Waals surface area contributed by atoms with Crippen LogP contribution >= 0.6 is 0 Å². The first-order valence-electron chi connectivity index (χ1n) is 8.71. The molecule has 4 nitrogen and oxygen atoms in total. The zero-order valence-corrected chi connectivity index (χ0v) is 14.7. The van der Waals surface area contributed by atoms with Crippen molar-refractivity contribution >= 4 is 5.91 Å². The Labute approximate surface area is 151 Å². The number of benzene rings is 1.